The number of nitrogens with zero attached hydrogens (tertiary/aromatic N) is 4. The van der Waals surface area contributed by atoms with Crippen molar-refractivity contribution in [1.29, 1.82) is 0 Å². The minimum absolute atomic E-state index is 0.334. The first-order valence-corrected chi connectivity index (χ1v) is 14.5. The maximum atomic E-state index is 12.6. The Hall–Kier alpha value is -4.72. The van der Waals surface area contributed by atoms with Crippen molar-refractivity contribution >= 4 is 55.6 Å². The van der Waals surface area contributed by atoms with Crippen LogP contribution in [0.5, 0.6) is 0 Å². The Balaban J connectivity index is 0.885. The first kappa shape index (κ1) is 27.4. The Morgan fingerprint density at radius 1 is 0.571 bits per heavy atom. The number of carbonyl (C=O) groups is 2. The van der Waals surface area contributed by atoms with Gasteiger partial charge >= 0.3 is 11.9 Å². The van der Waals surface area contributed by atoms with Gasteiger partial charge in [-0.05, 0) is 37.1 Å². The first-order chi connectivity index (χ1) is 20.5. The van der Waals surface area contributed by atoms with Crippen molar-refractivity contribution in [1.82, 2.24) is 19.1 Å². The lowest BCUT2D eigenvalue weighted by Gasteiger charge is -2.06. The molecular weight excluding hydrogens is 528 g/mol. The number of esters is 2. The molecule has 4 aromatic heterocycles. The summed E-state index contributed by atoms with van der Waals surface area (Å²) in [6.45, 7) is 0.749. The van der Waals surface area contributed by atoms with E-state index in [1.54, 1.807) is 12.4 Å². The Morgan fingerprint density at radius 2 is 0.976 bits per heavy atom. The van der Waals surface area contributed by atoms with E-state index in [1.807, 2.05) is 50.5 Å². The van der Waals surface area contributed by atoms with Gasteiger partial charge in [0.2, 0.25) is 0 Å². The molecule has 6 rings (SSSR count). The fourth-order valence-electron chi connectivity index (χ4n) is 5.72. The van der Waals surface area contributed by atoms with Crippen molar-refractivity contribution in [2.45, 2.75) is 38.5 Å². The zero-order chi connectivity index (χ0) is 29.1. The summed E-state index contributed by atoms with van der Waals surface area (Å²) in [6.07, 6.45) is 9.09. The number of para-hydroxylation sites is 2. The van der Waals surface area contributed by atoms with Gasteiger partial charge in [-0.15, -0.1) is 0 Å². The maximum absolute atomic E-state index is 12.6. The highest BCUT2D eigenvalue weighted by molar-refractivity contribution is 6.10. The van der Waals surface area contributed by atoms with E-state index in [-0.39, 0.29) is 11.9 Å². The molecule has 0 aliphatic rings. The monoisotopic (exact) mass is 562 g/mol. The smallest absolute Gasteiger partial charge is 0.356 e. The Morgan fingerprint density at radius 3 is 1.43 bits per heavy atom. The summed E-state index contributed by atoms with van der Waals surface area (Å²) in [5.41, 5.74) is 4.85. The summed E-state index contributed by atoms with van der Waals surface area (Å²) in [5, 5.41) is 4.20. The van der Waals surface area contributed by atoms with Crippen molar-refractivity contribution in [3.63, 3.8) is 0 Å². The van der Waals surface area contributed by atoms with Crippen molar-refractivity contribution in [2.75, 3.05) is 13.2 Å². The van der Waals surface area contributed by atoms with Gasteiger partial charge in [-0.1, -0.05) is 62.1 Å². The molecule has 4 heterocycles. The van der Waals surface area contributed by atoms with E-state index in [0.717, 1.165) is 82.1 Å². The van der Waals surface area contributed by atoms with Crippen LogP contribution in [0.3, 0.4) is 0 Å². The van der Waals surface area contributed by atoms with Crippen LogP contribution < -0.4 is 0 Å². The zero-order valence-electron chi connectivity index (χ0n) is 24.0. The summed E-state index contributed by atoms with van der Waals surface area (Å²) < 4.78 is 15.1. The third kappa shape index (κ3) is 5.32. The molecule has 0 fully saturated rings. The summed E-state index contributed by atoms with van der Waals surface area (Å²) in [5.74, 6) is -0.776. The van der Waals surface area contributed by atoms with E-state index < -0.39 is 0 Å². The molecule has 0 aliphatic carbocycles. The number of hydrogen-bond acceptors (Lipinski definition) is 6. The molecule has 2 aromatic carbocycles. The highest BCUT2D eigenvalue weighted by atomic mass is 16.5. The van der Waals surface area contributed by atoms with E-state index in [2.05, 4.69) is 43.4 Å². The third-order valence-electron chi connectivity index (χ3n) is 8.02. The minimum atomic E-state index is -0.388. The van der Waals surface area contributed by atoms with Gasteiger partial charge < -0.3 is 18.6 Å². The molecule has 0 aliphatic heterocycles. The number of hydrogen-bond donors (Lipinski definition) is 0. The molecule has 0 spiro atoms. The van der Waals surface area contributed by atoms with E-state index in [0.29, 0.717) is 24.6 Å². The largest absolute Gasteiger partial charge is 0.461 e. The number of carbonyl (C=O) groups excluding carboxylic acids is 2. The first-order valence-electron chi connectivity index (χ1n) is 14.5. The average Bonchev–Trinajstić information content (AvgIpc) is 3.48. The molecule has 0 saturated heterocycles. The van der Waals surface area contributed by atoms with Gasteiger partial charge in [-0.2, -0.15) is 0 Å². The minimum Gasteiger partial charge on any atom is -0.461 e. The van der Waals surface area contributed by atoms with Crippen molar-refractivity contribution in [2.24, 2.45) is 14.1 Å². The van der Waals surface area contributed by atoms with Gasteiger partial charge in [0.25, 0.3) is 0 Å². The molecule has 0 saturated carbocycles. The van der Waals surface area contributed by atoms with Crippen LogP contribution in [0.4, 0.5) is 0 Å². The van der Waals surface area contributed by atoms with Crippen LogP contribution in [-0.4, -0.2) is 44.3 Å². The SMILES string of the molecule is Cn1c2ccccc2c2cc(C(=O)OCCCCCCCCOC(=O)c3cc4c5ccccc5n(C)c4cn3)ncc21. The lowest BCUT2D eigenvalue weighted by Crippen LogP contribution is -2.09. The molecule has 8 heteroatoms. The average molecular weight is 563 g/mol. The predicted molar refractivity (Wildman–Crippen MR) is 165 cm³/mol. The lowest BCUT2D eigenvalue weighted by molar-refractivity contribution is 0.0478. The zero-order valence-corrected chi connectivity index (χ0v) is 24.0. The van der Waals surface area contributed by atoms with E-state index in [9.17, 15) is 9.59 Å². The number of aryl methyl sites for hydroxylation is 2. The second-order valence-electron chi connectivity index (χ2n) is 10.7. The molecule has 0 radical (unpaired) electrons. The van der Waals surface area contributed by atoms with E-state index in [4.69, 9.17) is 9.47 Å². The number of fused-ring (bicyclic) bond motifs is 6. The molecule has 0 N–H and O–H groups in total. The van der Waals surface area contributed by atoms with Crippen LogP contribution in [0, 0.1) is 0 Å². The van der Waals surface area contributed by atoms with Crippen molar-refractivity contribution in [3.05, 3.63) is 84.4 Å². The molecule has 214 valence electrons. The fraction of sp³-hybridized carbons (Fsp3) is 0.294. The molecule has 6 aromatic rings. The molecule has 0 unspecified atom stereocenters. The van der Waals surface area contributed by atoms with Gasteiger partial charge in [0.05, 0.1) is 36.6 Å². The Labute approximate surface area is 243 Å². The standard InChI is InChI=1S/C34H34N4O4/c1-37-29-15-9-7-13-23(29)25-19-27(35-21-31(25)37)33(39)41-17-11-5-3-4-6-12-18-42-34(40)28-20-26-24-14-8-10-16-30(24)38(2)32(26)22-36-28/h7-10,13-16,19-22H,3-6,11-12,17-18H2,1-2H3. The van der Waals surface area contributed by atoms with Crippen LogP contribution >= 0.6 is 0 Å². The van der Waals surface area contributed by atoms with Crippen LogP contribution in [0.15, 0.2) is 73.1 Å². The molecule has 0 amide bonds. The summed E-state index contributed by atoms with van der Waals surface area (Å²) in [7, 11) is 4.00. The van der Waals surface area contributed by atoms with E-state index >= 15 is 0 Å². The Bertz CT molecular complexity index is 1780. The molecular formula is C34H34N4O4. The number of aromatic nitrogens is 4. The van der Waals surface area contributed by atoms with Crippen LogP contribution in [0.25, 0.3) is 43.6 Å². The normalized spacial score (nSPS) is 11.6. The molecule has 8 nitrogen and oxygen atoms in total. The molecule has 0 bridgehead atoms. The van der Waals surface area contributed by atoms with Crippen LogP contribution in [0.1, 0.15) is 59.5 Å². The van der Waals surface area contributed by atoms with E-state index in [1.165, 1.54) is 0 Å². The highest BCUT2D eigenvalue weighted by Gasteiger charge is 2.15. The summed E-state index contributed by atoms with van der Waals surface area (Å²) >= 11 is 0. The van der Waals surface area contributed by atoms with Gasteiger partial charge in [-0.3, -0.25) is 0 Å². The predicted octanol–water partition coefficient (Wildman–Crippen LogP) is 7.12. The van der Waals surface area contributed by atoms with Gasteiger partial charge in [0.15, 0.2) is 0 Å². The maximum Gasteiger partial charge on any atom is 0.356 e. The van der Waals surface area contributed by atoms with Gasteiger partial charge in [0.1, 0.15) is 11.4 Å². The molecule has 42 heavy (non-hydrogen) atoms. The van der Waals surface area contributed by atoms with Crippen molar-refractivity contribution < 1.29 is 19.1 Å². The van der Waals surface area contributed by atoms with Gasteiger partial charge in [0, 0.05) is 46.7 Å². The third-order valence-corrected chi connectivity index (χ3v) is 8.02. The Kier molecular flexibility index (Phi) is 7.86. The second kappa shape index (κ2) is 12.0. The summed E-state index contributed by atoms with van der Waals surface area (Å²) in [6, 6.07) is 19.9. The van der Waals surface area contributed by atoms with Crippen LogP contribution in [-0.2, 0) is 23.6 Å². The number of rotatable bonds is 11. The van der Waals surface area contributed by atoms with Gasteiger partial charge in [-0.25, -0.2) is 19.6 Å². The second-order valence-corrected chi connectivity index (χ2v) is 10.7. The van der Waals surface area contributed by atoms with Crippen LogP contribution in [0.2, 0.25) is 0 Å². The molecule has 0 atom stereocenters. The number of pyridine rings is 2. The number of ether oxygens (including phenoxy) is 2. The highest BCUT2D eigenvalue weighted by Crippen LogP contribution is 2.29. The topological polar surface area (TPSA) is 88.2 Å². The van der Waals surface area contributed by atoms with Crippen molar-refractivity contribution in [3.8, 4) is 0 Å². The number of unbranched alkanes of at least 4 members (excludes halogenated alkanes) is 5. The summed E-state index contributed by atoms with van der Waals surface area (Å²) in [4.78, 5) is 33.8. The lowest BCUT2D eigenvalue weighted by atomic mass is 10.1. The fourth-order valence-corrected chi connectivity index (χ4v) is 5.72. The number of benzene rings is 2. The quantitative estimate of drug-likeness (QED) is 0.123.